The largest absolute Gasteiger partial charge is 0.0654 e. The Morgan fingerprint density at radius 3 is 1.46 bits per heavy atom. The van der Waals surface area contributed by atoms with Crippen LogP contribution in [-0.4, -0.2) is 0 Å². The molecule has 1 aromatic carbocycles. The third kappa shape index (κ3) is 3.89. The van der Waals surface area contributed by atoms with E-state index in [-0.39, 0.29) is 0 Å². The first-order chi connectivity index (χ1) is 11.8. The van der Waals surface area contributed by atoms with Crippen LogP contribution in [0.5, 0.6) is 0 Å². The summed E-state index contributed by atoms with van der Waals surface area (Å²) in [6.07, 6.45) is 17.7. The van der Waals surface area contributed by atoms with Crippen LogP contribution in [0.25, 0.3) is 0 Å². The summed E-state index contributed by atoms with van der Waals surface area (Å²) in [5.41, 5.74) is 3.22. The van der Waals surface area contributed by atoms with Gasteiger partial charge in [0.25, 0.3) is 0 Å². The van der Waals surface area contributed by atoms with Crippen LogP contribution in [0.15, 0.2) is 24.3 Å². The van der Waals surface area contributed by atoms with Crippen molar-refractivity contribution in [2.24, 2.45) is 17.8 Å². The molecule has 3 saturated carbocycles. The highest BCUT2D eigenvalue weighted by atomic mass is 14.4. The summed E-state index contributed by atoms with van der Waals surface area (Å²) in [5, 5.41) is 0. The fourth-order valence-corrected chi connectivity index (χ4v) is 5.74. The van der Waals surface area contributed by atoms with Gasteiger partial charge in [-0.1, -0.05) is 56.9 Å². The van der Waals surface area contributed by atoms with E-state index in [4.69, 9.17) is 0 Å². The molecule has 0 N–H and O–H groups in total. The number of benzene rings is 1. The van der Waals surface area contributed by atoms with Crippen molar-refractivity contribution in [3.63, 3.8) is 0 Å². The summed E-state index contributed by atoms with van der Waals surface area (Å²) in [6, 6.07) is 9.76. The zero-order valence-electron chi connectivity index (χ0n) is 15.7. The van der Waals surface area contributed by atoms with Gasteiger partial charge in [0.1, 0.15) is 0 Å². The fourth-order valence-electron chi connectivity index (χ4n) is 5.74. The molecule has 0 aliphatic heterocycles. The van der Waals surface area contributed by atoms with E-state index in [1.807, 2.05) is 0 Å². The Bertz CT molecular complexity index is 493. The van der Waals surface area contributed by atoms with E-state index in [9.17, 15) is 0 Å². The van der Waals surface area contributed by atoms with Gasteiger partial charge in [-0.05, 0) is 92.1 Å². The minimum atomic E-state index is 0.853. The van der Waals surface area contributed by atoms with Gasteiger partial charge in [0.15, 0.2) is 0 Å². The normalized spacial score (nSPS) is 34.2. The SMILES string of the molecule is CCCC1CCC(C2CCC(c3ccc(C4CC4)cc3)CC2)CC1. The van der Waals surface area contributed by atoms with Crippen LogP contribution in [0.3, 0.4) is 0 Å². The average Bonchev–Trinajstić information content (AvgIpc) is 3.48. The number of rotatable bonds is 5. The minimum Gasteiger partial charge on any atom is -0.0654 e. The van der Waals surface area contributed by atoms with Gasteiger partial charge in [0, 0.05) is 0 Å². The van der Waals surface area contributed by atoms with Crippen molar-refractivity contribution in [3.05, 3.63) is 35.4 Å². The summed E-state index contributed by atoms with van der Waals surface area (Å²) < 4.78 is 0. The smallest absolute Gasteiger partial charge is 0.0162 e. The summed E-state index contributed by atoms with van der Waals surface area (Å²) in [7, 11) is 0. The van der Waals surface area contributed by atoms with Crippen molar-refractivity contribution < 1.29 is 0 Å². The molecule has 0 radical (unpaired) electrons. The van der Waals surface area contributed by atoms with Crippen molar-refractivity contribution in [1.29, 1.82) is 0 Å². The number of hydrogen-bond donors (Lipinski definition) is 0. The topological polar surface area (TPSA) is 0 Å². The molecule has 0 unspecified atom stereocenters. The first kappa shape index (κ1) is 16.7. The second-order valence-electron chi connectivity index (χ2n) is 9.12. The van der Waals surface area contributed by atoms with Crippen molar-refractivity contribution in [2.75, 3.05) is 0 Å². The van der Waals surface area contributed by atoms with Gasteiger partial charge in [0.2, 0.25) is 0 Å². The second-order valence-corrected chi connectivity index (χ2v) is 9.12. The van der Waals surface area contributed by atoms with Crippen LogP contribution in [0.4, 0.5) is 0 Å². The molecule has 24 heavy (non-hydrogen) atoms. The molecular formula is C24H36. The summed E-state index contributed by atoms with van der Waals surface area (Å²) in [4.78, 5) is 0. The highest BCUT2D eigenvalue weighted by molar-refractivity contribution is 5.30. The molecular weight excluding hydrogens is 288 g/mol. The third-order valence-corrected chi connectivity index (χ3v) is 7.48. The van der Waals surface area contributed by atoms with Gasteiger partial charge in [-0.2, -0.15) is 0 Å². The molecule has 0 heteroatoms. The lowest BCUT2D eigenvalue weighted by atomic mass is 9.68. The monoisotopic (exact) mass is 324 g/mol. The Hall–Kier alpha value is -0.780. The number of hydrogen-bond acceptors (Lipinski definition) is 0. The Balaban J connectivity index is 1.26. The highest BCUT2D eigenvalue weighted by Gasteiger charge is 2.31. The first-order valence-corrected chi connectivity index (χ1v) is 10.9. The minimum absolute atomic E-state index is 0.853. The molecule has 0 aromatic heterocycles. The van der Waals surface area contributed by atoms with E-state index >= 15 is 0 Å². The van der Waals surface area contributed by atoms with Gasteiger partial charge in [0.05, 0.1) is 0 Å². The van der Waals surface area contributed by atoms with E-state index in [1.54, 1.807) is 11.1 Å². The van der Waals surface area contributed by atoms with Crippen LogP contribution in [0.1, 0.15) is 107 Å². The predicted molar refractivity (Wildman–Crippen MR) is 103 cm³/mol. The Kier molecular flexibility index (Phi) is 5.30. The Morgan fingerprint density at radius 2 is 1.04 bits per heavy atom. The standard InChI is InChI=1S/C24H36/c1-2-3-18-4-6-19(7-5-18)20-8-10-21(11-9-20)22-12-14-23(15-13-22)24-16-17-24/h12-15,18-21,24H,2-11,16-17H2,1H3. The van der Waals surface area contributed by atoms with Gasteiger partial charge < -0.3 is 0 Å². The molecule has 1 aromatic rings. The van der Waals surface area contributed by atoms with E-state index in [0.29, 0.717) is 0 Å². The average molecular weight is 325 g/mol. The van der Waals surface area contributed by atoms with Gasteiger partial charge >= 0.3 is 0 Å². The molecule has 0 saturated heterocycles. The van der Waals surface area contributed by atoms with Crippen molar-refractivity contribution in [2.45, 2.75) is 95.8 Å². The maximum Gasteiger partial charge on any atom is -0.0162 e. The van der Waals surface area contributed by atoms with Crippen LogP contribution in [-0.2, 0) is 0 Å². The van der Waals surface area contributed by atoms with E-state index < -0.39 is 0 Å². The van der Waals surface area contributed by atoms with Crippen molar-refractivity contribution in [3.8, 4) is 0 Å². The van der Waals surface area contributed by atoms with Crippen LogP contribution in [0.2, 0.25) is 0 Å². The van der Waals surface area contributed by atoms with Gasteiger partial charge in [-0.15, -0.1) is 0 Å². The molecule has 0 spiro atoms. The maximum atomic E-state index is 2.45. The molecule has 132 valence electrons. The van der Waals surface area contributed by atoms with Crippen LogP contribution >= 0.6 is 0 Å². The lowest BCUT2D eigenvalue weighted by Gasteiger charge is -2.38. The molecule has 0 nitrogen and oxygen atoms in total. The second kappa shape index (κ2) is 7.63. The van der Waals surface area contributed by atoms with E-state index in [0.717, 1.165) is 29.6 Å². The van der Waals surface area contributed by atoms with E-state index in [1.165, 1.54) is 77.0 Å². The summed E-state index contributed by atoms with van der Waals surface area (Å²) in [6.45, 7) is 2.35. The molecule has 3 aliphatic carbocycles. The van der Waals surface area contributed by atoms with Gasteiger partial charge in [-0.3, -0.25) is 0 Å². The third-order valence-electron chi connectivity index (χ3n) is 7.48. The molecule has 3 aliphatic rings. The summed E-state index contributed by atoms with van der Waals surface area (Å²) >= 11 is 0. The molecule has 0 heterocycles. The molecule has 3 fully saturated rings. The zero-order chi connectivity index (χ0) is 16.4. The van der Waals surface area contributed by atoms with Gasteiger partial charge in [-0.25, -0.2) is 0 Å². The van der Waals surface area contributed by atoms with E-state index in [2.05, 4.69) is 31.2 Å². The Morgan fingerprint density at radius 1 is 0.625 bits per heavy atom. The van der Waals surface area contributed by atoms with Crippen LogP contribution < -0.4 is 0 Å². The molecule has 4 rings (SSSR count). The van der Waals surface area contributed by atoms with Crippen LogP contribution in [0, 0.1) is 17.8 Å². The van der Waals surface area contributed by atoms with Crippen molar-refractivity contribution >= 4 is 0 Å². The predicted octanol–water partition coefficient (Wildman–Crippen LogP) is 7.44. The molecule has 0 bridgehead atoms. The quantitative estimate of drug-likeness (QED) is 0.527. The molecule has 0 amide bonds. The maximum absolute atomic E-state index is 2.45. The highest BCUT2D eigenvalue weighted by Crippen LogP contribution is 2.45. The fraction of sp³-hybridized carbons (Fsp3) is 0.750. The van der Waals surface area contributed by atoms with Crippen molar-refractivity contribution in [1.82, 2.24) is 0 Å². The Labute approximate surface area is 149 Å². The lowest BCUT2D eigenvalue weighted by Crippen LogP contribution is -2.25. The first-order valence-electron chi connectivity index (χ1n) is 10.9. The zero-order valence-corrected chi connectivity index (χ0v) is 15.7. The summed E-state index contributed by atoms with van der Waals surface area (Å²) in [5.74, 6) is 4.93. The molecule has 0 atom stereocenters. The lowest BCUT2D eigenvalue weighted by molar-refractivity contribution is 0.156.